The lowest BCUT2D eigenvalue weighted by Crippen LogP contribution is -2.33. The summed E-state index contributed by atoms with van der Waals surface area (Å²) >= 11 is 11.1. The van der Waals surface area contributed by atoms with Crippen molar-refractivity contribution in [3.05, 3.63) is 59.6 Å². The van der Waals surface area contributed by atoms with Crippen molar-refractivity contribution in [2.24, 2.45) is 0 Å². The SMILES string of the molecule is O=C1C(=O)N(c2ccc(Cl)cc2)C(=S)N1c1ccccc1. The molecule has 0 unspecified atom stereocenters. The Morgan fingerprint density at radius 1 is 0.762 bits per heavy atom. The van der Waals surface area contributed by atoms with E-state index in [1.807, 2.05) is 6.07 Å². The first-order valence-electron chi connectivity index (χ1n) is 6.13. The van der Waals surface area contributed by atoms with Crippen LogP contribution >= 0.6 is 23.8 Å². The van der Waals surface area contributed by atoms with Gasteiger partial charge >= 0.3 is 11.8 Å². The molecular weight excluding hydrogens is 308 g/mol. The Kier molecular flexibility index (Phi) is 3.45. The zero-order valence-corrected chi connectivity index (χ0v) is 12.3. The van der Waals surface area contributed by atoms with Gasteiger partial charge in [-0.05, 0) is 48.6 Å². The lowest BCUT2D eigenvalue weighted by Gasteiger charge is -2.18. The summed E-state index contributed by atoms with van der Waals surface area (Å²) in [5.74, 6) is -1.34. The van der Waals surface area contributed by atoms with Crippen LogP contribution in [0.2, 0.25) is 5.02 Å². The van der Waals surface area contributed by atoms with Gasteiger partial charge in [0.2, 0.25) is 0 Å². The number of carbonyl (C=O) groups excluding carboxylic acids is 2. The number of amides is 2. The maximum Gasteiger partial charge on any atom is 0.323 e. The predicted molar refractivity (Wildman–Crippen MR) is 85.5 cm³/mol. The quantitative estimate of drug-likeness (QED) is 0.631. The normalized spacial score (nSPS) is 15.0. The van der Waals surface area contributed by atoms with Crippen LogP contribution < -0.4 is 9.80 Å². The van der Waals surface area contributed by atoms with E-state index in [1.165, 1.54) is 9.80 Å². The number of halogens is 1. The lowest BCUT2D eigenvalue weighted by atomic mass is 10.3. The van der Waals surface area contributed by atoms with Crippen LogP contribution in [0.5, 0.6) is 0 Å². The summed E-state index contributed by atoms with van der Waals surface area (Å²) in [5.41, 5.74) is 1.08. The number of benzene rings is 2. The molecule has 0 aromatic heterocycles. The third-order valence-corrected chi connectivity index (χ3v) is 3.69. The molecule has 21 heavy (non-hydrogen) atoms. The zero-order chi connectivity index (χ0) is 15.0. The fraction of sp³-hybridized carbons (Fsp3) is 0. The monoisotopic (exact) mass is 316 g/mol. The van der Waals surface area contributed by atoms with Crippen molar-refractivity contribution in [3.63, 3.8) is 0 Å². The van der Waals surface area contributed by atoms with Gasteiger partial charge in [-0.1, -0.05) is 29.8 Å². The second-order valence-corrected chi connectivity index (χ2v) is 5.18. The number of anilines is 2. The Hall–Kier alpha value is -2.24. The van der Waals surface area contributed by atoms with Crippen molar-refractivity contribution >= 4 is 52.1 Å². The van der Waals surface area contributed by atoms with E-state index in [1.54, 1.807) is 48.5 Å². The summed E-state index contributed by atoms with van der Waals surface area (Å²) in [5, 5.41) is 0.682. The molecule has 0 saturated carbocycles. The molecule has 0 bridgehead atoms. The molecule has 1 heterocycles. The first-order valence-corrected chi connectivity index (χ1v) is 6.91. The van der Waals surface area contributed by atoms with Gasteiger partial charge in [-0.3, -0.25) is 9.59 Å². The van der Waals surface area contributed by atoms with Crippen molar-refractivity contribution in [2.45, 2.75) is 0 Å². The van der Waals surface area contributed by atoms with Gasteiger partial charge < -0.3 is 0 Å². The predicted octanol–water partition coefficient (Wildman–Crippen LogP) is 3.00. The van der Waals surface area contributed by atoms with Crippen LogP contribution in [-0.2, 0) is 9.59 Å². The highest BCUT2D eigenvalue weighted by Gasteiger charge is 2.43. The Morgan fingerprint density at radius 2 is 1.24 bits per heavy atom. The third kappa shape index (κ3) is 2.30. The summed E-state index contributed by atoms with van der Waals surface area (Å²) in [7, 11) is 0. The number of hydrogen-bond acceptors (Lipinski definition) is 3. The van der Waals surface area contributed by atoms with Crippen LogP contribution in [-0.4, -0.2) is 16.9 Å². The maximum absolute atomic E-state index is 12.2. The Balaban J connectivity index is 2.02. The van der Waals surface area contributed by atoms with Crippen LogP contribution in [0, 0.1) is 0 Å². The van der Waals surface area contributed by atoms with E-state index in [2.05, 4.69) is 0 Å². The van der Waals surface area contributed by atoms with Crippen LogP contribution in [0.25, 0.3) is 0 Å². The van der Waals surface area contributed by atoms with E-state index < -0.39 is 11.8 Å². The molecule has 1 fully saturated rings. The van der Waals surface area contributed by atoms with Gasteiger partial charge in [0.25, 0.3) is 0 Å². The number of para-hydroxylation sites is 1. The summed E-state index contributed by atoms with van der Waals surface area (Å²) in [6.07, 6.45) is 0. The molecule has 104 valence electrons. The Bertz CT molecular complexity index is 731. The standard InChI is InChI=1S/C15H9ClN2O2S/c16-10-6-8-12(9-7-10)18-14(20)13(19)17(15(18)21)11-4-2-1-3-5-11/h1-9H. The van der Waals surface area contributed by atoms with Crippen LogP contribution in [0.1, 0.15) is 0 Å². The summed E-state index contributed by atoms with van der Waals surface area (Å²) in [6.45, 7) is 0. The molecule has 6 heteroatoms. The summed E-state index contributed by atoms with van der Waals surface area (Å²) < 4.78 is 0. The number of hydrogen-bond donors (Lipinski definition) is 0. The fourth-order valence-electron chi connectivity index (χ4n) is 2.09. The molecule has 4 nitrogen and oxygen atoms in total. The molecule has 1 aliphatic heterocycles. The number of rotatable bonds is 2. The molecule has 0 aliphatic carbocycles. The molecule has 0 radical (unpaired) electrons. The average molecular weight is 317 g/mol. The summed E-state index contributed by atoms with van der Waals surface area (Å²) in [4.78, 5) is 26.8. The van der Waals surface area contributed by atoms with E-state index in [0.29, 0.717) is 16.4 Å². The van der Waals surface area contributed by atoms with Crippen molar-refractivity contribution < 1.29 is 9.59 Å². The smallest absolute Gasteiger partial charge is 0.263 e. The first kappa shape index (κ1) is 13.7. The molecule has 0 spiro atoms. The largest absolute Gasteiger partial charge is 0.323 e. The summed E-state index contributed by atoms with van der Waals surface area (Å²) in [6, 6.07) is 15.4. The second-order valence-electron chi connectivity index (χ2n) is 4.38. The van der Waals surface area contributed by atoms with Gasteiger partial charge in [-0.25, -0.2) is 9.80 Å². The third-order valence-electron chi connectivity index (χ3n) is 3.07. The van der Waals surface area contributed by atoms with Gasteiger partial charge in [0.15, 0.2) is 5.11 Å². The number of carbonyl (C=O) groups is 2. The van der Waals surface area contributed by atoms with Crippen LogP contribution in [0.3, 0.4) is 0 Å². The van der Waals surface area contributed by atoms with Crippen molar-refractivity contribution in [1.29, 1.82) is 0 Å². The van der Waals surface area contributed by atoms with Crippen LogP contribution in [0.4, 0.5) is 11.4 Å². The minimum atomic E-state index is -0.675. The van der Waals surface area contributed by atoms with Crippen molar-refractivity contribution in [1.82, 2.24) is 0 Å². The molecule has 1 saturated heterocycles. The first-order chi connectivity index (χ1) is 10.1. The highest BCUT2D eigenvalue weighted by molar-refractivity contribution is 7.81. The zero-order valence-electron chi connectivity index (χ0n) is 10.7. The lowest BCUT2D eigenvalue weighted by molar-refractivity contribution is -0.133. The van der Waals surface area contributed by atoms with Crippen molar-refractivity contribution in [3.8, 4) is 0 Å². The van der Waals surface area contributed by atoms with E-state index in [0.717, 1.165) is 0 Å². The topological polar surface area (TPSA) is 40.6 Å². The Labute approximate surface area is 131 Å². The van der Waals surface area contributed by atoms with Gasteiger partial charge in [-0.2, -0.15) is 0 Å². The minimum absolute atomic E-state index is 0.138. The van der Waals surface area contributed by atoms with E-state index >= 15 is 0 Å². The molecule has 0 N–H and O–H groups in total. The molecule has 2 aromatic carbocycles. The second kappa shape index (κ2) is 5.27. The highest BCUT2D eigenvalue weighted by atomic mass is 35.5. The van der Waals surface area contributed by atoms with Gasteiger partial charge in [0.1, 0.15) is 0 Å². The fourth-order valence-corrected chi connectivity index (χ4v) is 2.59. The molecule has 2 aromatic rings. The molecule has 1 aliphatic rings. The average Bonchev–Trinajstić information content (AvgIpc) is 2.72. The molecular formula is C15H9ClN2O2S. The Morgan fingerprint density at radius 3 is 1.76 bits per heavy atom. The van der Waals surface area contributed by atoms with Crippen LogP contribution in [0.15, 0.2) is 54.6 Å². The highest BCUT2D eigenvalue weighted by Crippen LogP contribution is 2.27. The molecule has 2 amide bonds. The van der Waals surface area contributed by atoms with E-state index in [-0.39, 0.29) is 5.11 Å². The van der Waals surface area contributed by atoms with Gasteiger partial charge in [0, 0.05) is 5.02 Å². The minimum Gasteiger partial charge on any atom is -0.263 e. The van der Waals surface area contributed by atoms with E-state index in [4.69, 9.17) is 23.8 Å². The van der Waals surface area contributed by atoms with Crippen molar-refractivity contribution in [2.75, 3.05) is 9.80 Å². The van der Waals surface area contributed by atoms with E-state index in [9.17, 15) is 9.59 Å². The van der Waals surface area contributed by atoms with Gasteiger partial charge in [0.05, 0.1) is 11.4 Å². The van der Waals surface area contributed by atoms with Gasteiger partial charge in [-0.15, -0.1) is 0 Å². The molecule has 3 rings (SSSR count). The molecule has 0 atom stereocenters. The number of thiocarbonyl (C=S) groups is 1. The number of nitrogens with zero attached hydrogens (tertiary/aromatic N) is 2. The maximum atomic E-state index is 12.2.